The van der Waals surface area contributed by atoms with Crippen molar-refractivity contribution in [1.82, 2.24) is 9.97 Å². The fourth-order valence-electron chi connectivity index (χ4n) is 5.54. The average Bonchev–Trinajstić information content (AvgIpc) is 3.56. The molecule has 0 saturated heterocycles. The second-order valence-corrected chi connectivity index (χ2v) is 13.8. The Morgan fingerprint density at radius 2 is 1.53 bits per heavy atom. The van der Waals surface area contributed by atoms with Gasteiger partial charge in [-0.15, -0.1) is 29.1 Å². The van der Waals surface area contributed by atoms with Gasteiger partial charge in [-0.1, -0.05) is 97.5 Å². The van der Waals surface area contributed by atoms with Crippen LogP contribution in [-0.4, -0.2) is 20.9 Å². The summed E-state index contributed by atoms with van der Waals surface area (Å²) in [5, 5.41) is 13.5. The molecule has 0 spiro atoms. The van der Waals surface area contributed by atoms with Gasteiger partial charge >= 0.3 is 0 Å². The van der Waals surface area contributed by atoms with Crippen LogP contribution in [0.1, 0.15) is 93.6 Å². The molecular weight excluding hydrogens is 761 g/mol. The summed E-state index contributed by atoms with van der Waals surface area (Å²) < 4.78 is 5.51. The topological polar surface area (TPSA) is 76.2 Å². The van der Waals surface area contributed by atoms with Crippen LogP contribution < -0.4 is 0 Å². The molecule has 47 heavy (non-hydrogen) atoms. The molecule has 3 heterocycles. The van der Waals surface area contributed by atoms with E-state index in [4.69, 9.17) is 4.42 Å². The second-order valence-electron chi connectivity index (χ2n) is 13.8. The predicted octanol–water partition coefficient (Wildman–Crippen LogP) is 11.5. The van der Waals surface area contributed by atoms with E-state index in [0.717, 1.165) is 64.4 Å². The maximum Gasteiger partial charge on any atom is 0.164 e. The summed E-state index contributed by atoms with van der Waals surface area (Å²) in [4.78, 5) is 21.2. The number of carbonyl (C=O) groups excluding carboxylic acids is 1. The number of hydrogen-bond donors (Lipinski definition) is 1. The molecule has 0 fully saturated rings. The van der Waals surface area contributed by atoms with E-state index in [9.17, 15) is 9.90 Å². The normalized spacial score (nSPS) is 12.4. The number of rotatable bonds is 9. The zero-order chi connectivity index (χ0) is 33.7. The van der Waals surface area contributed by atoms with Gasteiger partial charge in [0.1, 0.15) is 5.76 Å². The van der Waals surface area contributed by atoms with Crippen LogP contribution in [0.4, 0.5) is 0 Å². The summed E-state index contributed by atoms with van der Waals surface area (Å²) >= 11 is 0. The summed E-state index contributed by atoms with van der Waals surface area (Å²) in [6, 6.07) is 20.3. The van der Waals surface area contributed by atoms with Crippen molar-refractivity contribution in [2.24, 2.45) is 10.8 Å². The van der Waals surface area contributed by atoms with Crippen molar-refractivity contribution in [1.29, 1.82) is 0 Å². The first-order valence-corrected chi connectivity index (χ1v) is 16.5. The van der Waals surface area contributed by atoms with Crippen LogP contribution in [0.15, 0.2) is 89.6 Å². The van der Waals surface area contributed by atoms with Gasteiger partial charge in [-0.25, -0.2) is 0 Å². The molecule has 2 aromatic carbocycles. The fraction of sp³-hybridized carbons (Fsp3) is 0.390. The minimum Gasteiger partial charge on any atom is -0.512 e. The number of allylic oxidation sites excluding steroid dienone is 2. The van der Waals surface area contributed by atoms with E-state index in [2.05, 4.69) is 73.2 Å². The standard InChI is InChI=1S/C26H21N2O.C15H28O2.Ir/c1-26(2,3)23-13-19(12-17-6-4-5-7-20(17)23)24-14-18(8-10-28-24)22-15-27-16-25-21(22)9-11-29-25;1-7-14(5,8-2)12(16)11-13(17)15(6,9-3)10-4;/h4-11,13-16H,1-3H3;11,16H,7-10H2,1-6H3;/q-1;;/b;12-11-;. The molecule has 0 unspecified atom stereocenters. The third-order valence-corrected chi connectivity index (χ3v) is 9.91. The number of aromatic nitrogens is 2. The quantitative estimate of drug-likeness (QED) is 0.0912. The molecule has 3 aromatic heterocycles. The first-order valence-electron chi connectivity index (χ1n) is 16.5. The molecule has 0 aliphatic rings. The molecule has 5 rings (SSSR count). The van der Waals surface area contributed by atoms with Crippen molar-refractivity contribution in [3.8, 4) is 22.4 Å². The number of aliphatic hydroxyl groups is 1. The van der Waals surface area contributed by atoms with E-state index >= 15 is 0 Å². The molecule has 0 saturated carbocycles. The Kier molecular flexibility index (Phi) is 12.5. The van der Waals surface area contributed by atoms with Crippen LogP contribution in [0.3, 0.4) is 0 Å². The number of carbonyl (C=O) groups is 1. The molecule has 251 valence electrons. The van der Waals surface area contributed by atoms with Gasteiger partial charge in [-0.2, -0.15) is 0 Å². The van der Waals surface area contributed by atoms with E-state index in [0.29, 0.717) is 0 Å². The monoisotopic (exact) mass is 810 g/mol. The van der Waals surface area contributed by atoms with Crippen LogP contribution in [0.5, 0.6) is 0 Å². The first-order chi connectivity index (χ1) is 21.8. The van der Waals surface area contributed by atoms with Crippen molar-refractivity contribution in [3.63, 3.8) is 0 Å². The van der Waals surface area contributed by atoms with E-state index < -0.39 is 0 Å². The Morgan fingerprint density at radius 1 is 0.872 bits per heavy atom. The van der Waals surface area contributed by atoms with Crippen LogP contribution in [0.2, 0.25) is 0 Å². The molecule has 5 nitrogen and oxygen atoms in total. The molecule has 0 aliphatic heterocycles. The van der Waals surface area contributed by atoms with Gasteiger partial charge in [-0.3, -0.25) is 14.8 Å². The summed E-state index contributed by atoms with van der Waals surface area (Å²) in [7, 11) is 0. The largest absolute Gasteiger partial charge is 0.512 e. The predicted molar refractivity (Wildman–Crippen MR) is 191 cm³/mol. The van der Waals surface area contributed by atoms with Gasteiger partial charge in [0.2, 0.25) is 0 Å². The Hall–Kier alpha value is -3.60. The number of benzene rings is 2. The SMILES string of the molecule is CC(C)(C)c1cc(-c2cc(-c3cncc4occc34)ccn2)[c-]c2ccccc12.CCC(C)(CC)C(=O)/C=C(\O)C(C)(CC)CC.[Ir]. The number of pyridine rings is 2. The Balaban J connectivity index is 0.000000290. The van der Waals surface area contributed by atoms with E-state index in [1.54, 1.807) is 12.5 Å². The van der Waals surface area contributed by atoms with Gasteiger partial charge < -0.3 is 9.52 Å². The molecular formula is C41H49IrN2O3-. The van der Waals surface area contributed by atoms with E-state index in [1.807, 2.05) is 66.1 Å². The minimum absolute atomic E-state index is 0. The molecule has 0 bridgehead atoms. The number of furan rings is 1. The molecule has 6 heteroatoms. The number of ketones is 1. The number of nitrogens with zero attached hydrogens (tertiary/aromatic N) is 2. The Morgan fingerprint density at radius 3 is 2.17 bits per heavy atom. The van der Waals surface area contributed by atoms with Crippen molar-refractivity contribution in [3.05, 3.63) is 96.8 Å². The maximum atomic E-state index is 12.2. The van der Waals surface area contributed by atoms with Crippen LogP contribution >= 0.6 is 0 Å². The third kappa shape index (κ3) is 8.28. The fourth-order valence-corrected chi connectivity index (χ4v) is 5.54. The van der Waals surface area contributed by atoms with Gasteiger partial charge in [0.05, 0.1) is 12.5 Å². The van der Waals surface area contributed by atoms with Gasteiger partial charge in [0.15, 0.2) is 11.4 Å². The van der Waals surface area contributed by atoms with Crippen LogP contribution in [0, 0.1) is 16.9 Å². The molecule has 0 amide bonds. The molecule has 1 radical (unpaired) electrons. The zero-order valence-electron chi connectivity index (χ0n) is 29.3. The van der Waals surface area contributed by atoms with Crippen LogP contribution in [0.25, 0.3) is 44.1 Å². The number of aliphatic hydroxyl groups excluding tert-OH is 1. The summed E-state index contributed by atoms with van der Waals surface area (Å²) in [5.41, 5.74) is 5.51. The number of fused-ring (bicyclic) bond motifs is 2. The van der Waals surface area contributed by atoms with Gasteiger partial charge in [0, 0.05) is 66.0 Å². The first kappa shape index (κ1) is 37.9. The molecule has 0 aliphatic carbocycles. The van der Waals surface area contributed by atoms with E-state index in [1.165, 1.54) is 17.0 Å². The van der Waals surface area contributed by atoms with Gasteiger partial charge in [0.25, 0.3) is 0 Å². The molecule has 5 aromatic rings. The van der Waals surface area contributed by atoms with Crippen molar-refractivity contribution in [2.75, 3.05) is 0 Å². The van der Waals surface area contributed by atoms with E-state index in [-0.39, 0.29) is 47.9 Å². The zero-order valence-corrected chi connectivity index (χ0v) is 31.7. The summed E-state index contributed by atoms with van der Waals surface area (Å²) in [6.07, 6.45) is 11.9. The van der Waals surface area contributed by atoms with Crippen molar-refractivity contribution < 1.29 is 34.4 Å². The Labute approximate surface area is 294 Å². The number of hydrogen-bond acceptors (Lipinski definition) is 5. The summed E-state index contributed by atoms with van der Waals surface area (Å²) in [6.45, 7) is 18.8. The minimum atomic E-state index is -0.337. The third-order valence-electron chi connectivity index (χ3n) is 9.91. The second kappa shape index (κ2) is 15.5. The van der Waals surface area contributed by atoms with Crippen molar-refractivity contribution >= 4 is 27.5 Å². The maximum absolute atomic E-state index is 12.2. The van der Waals surface area contributed by atoms with Crippen molar-refractivity contribution in [2.45, 2.75) is 93.4 Å². The summed E-state index contributed by atoms with van der Waals surface area (Å²) in [5.74, 6) is 0.286. The smallest absolute Gasteiger partial charge is 0.164 e. The Bertz CT molecular complexity index is 1840. The van der Waals surface area contributed by atoms with Gasteiger partial charge in [-0.05, 0) is 48.8 Å². The molecule has 0 atom stereocenters. The average molecular weight is 810 g/mol. The van der Waals surface area contributed by atoms with Crippen LogP contribution in [-0.2, 0) is 30.3 Å². The molecule has 1 N–H and O–H groups in total.